The van der Waals surface area contributed by atoms with Crippen LogP contribution >= 0.6 is 22.6 Å². The first kappa shape index (κ1) is 18.4. The second-order valence-corrected chi connectivity index (χ2v) is 6.60. The fourth-order valence-electron chi connectivity index (χ4n) is 1.99. The van der Waals surface area contributed by atoms with Gasteiger partial charge in [0.1, 0.15) is 5.82 Å². The lowest BCUT2D eigenvalue weighted by molar-refractivity contribution is 0.0924. The van der Waals surface area contributed by atoms with Crippen molar-refractivity contribution in [1.29, 1.82) is 0 Å². The summed E-state index contributed by atoms with van der Waals surface area (Å²) < 4.78 is 16.0. The number of amides is 1. The zero-order valence-electron chi connectivity index (χ0n) is 13.1. The quantitative estimate of drug-likeness (QED) is 0.615. The Morgan fingerprint density at radius 1 is 1.38 bits per heavy atom. The molecule has 1 amide bonds. The van der Waals surface area contributed by atoms with Gasteiger partial charge in [-0.25, -0.2) is 4.39 Å². The minimum Gasteiger partial charge on any atom is -0.392 e. The predicted molar refractivity (Wildman–Crippen MR) is 98.1 cm³/mol. The van der Waals surface area contributed by atoms with Crippen molar-refractivity contribution in [1.82, 2.24) is 9.88 Å². The van der Waals surface area contributed by atoms with E-state index in [-0.39, 0.29) is 29.0 Å². The lowest BCUT2D eigenvalue weighted by Crippen LogP contribution is -2.32. The van der Waals surface area contributed by atoms with Gasteiger partial charge in [-0.1, -0.05) is 0 Å². The van der Waals surface area contributed by atoms with E-state index in [1.54, 1.807) is 13.0 Å². The van der Waals surface area contributed by atoms with Gasteiger partial charge >= 0.3 is 0 Å². The van der Waals surface area contributed by atoms with Crippen LogP contribution in [0.15, 0.2) is 35.3 Å². The summed E-state index contributed by atoms with van der Waals surface area (Å²) in [5.74, 6) is -0.960. The van der Waals surface area contributed by atoms with Crippen LogP contribution in [0.25, 0.3) is 0 Å². The molecular formula is C16H17FIN3O3. The maximum absolute atomic E-state index is 14.0. The Bertz CT molecular complexity index is 821. The predicted octanol–water partition coefficient (Wildman–Crippen LogP) is 1.98. The van der Waals surface area contributed by atoms with Gasteiger partial charge in [0.2, 0.25) is 0 Å². The van der Waals surface area contributed by atoms with Crippen molar-refractivity contribution in [3.63, 3.8) is 0 Å². The highest BCUT2D eigenvalue weighted by Crippen LogP contribution is 2.23. The lowest BCUT2D eigenvalue weighted by Gasteiger charge is -2.14. The fourth-order valence-corrected chi connectivity index (χ4v) is 2.44. The summed E-state index contributed by atoms with van der Waals surface area (Å²) in [5.41, 5.74) is 0.195. The Kier molecular flexibility index (Phi) is 5.94. The van der Waals surface area contributed by atoms with E-state index >= 15 is 0 Å². The lowest BCUT2D eigenvalue weighted by atomic mass is 10.2. The number of carbonyl (C=O) groups excluding carboxylic acids is 1. The van der Waals surface area contributed by atoms with Crippen molar-refractivity contribution in [2.45, 2.75) is 13.0 Å². The monoisotopic (exact) mass is 445 g/mol. The largest absolute Gasteiger partial charge is 0.392 e. The number of benzene rings is 1. The maximum atomic E-state index is 14.0. The van der Waals surface area contributed by atoms with Gasteiger partial charge in [-0.2, -0.15) is 0 Å². The average molecular weight is 445 g/mol. The molecule has 2 rings (SSSR count). The normalized spacial score (nSPS) is 11.9. The number of anilines is 2. The van der Waals surface area contributed by atoms with Crippen LogP contribution in [0.2, 0.25) is 0 Å². The molecule has 24 heavy (non-hydrogen) atoms. The molecule has 3 N–H and O–H groups in total. The minimum atomic E-state index is -0.702. The molecule has 1 unspecified atom stereocenters. The molecule has 0 fully saturated rings. The molecule has 0 aliphatic rings. The molecule has 8 heteroatoms. The van der Waals surface area contributed by atoms with Crippen molar-refractivity contribution in [3.8, 4) is 0 Å². The van der Waals surface area contributed by atoms with Crippen LogP contribution in [0.3, 0.4) is 0 Å². The standard InChI is InChI=1S/C16H17FIN3O3/c1-9(22)7-19-16(24)11-8-21(2)15(23)6-14(11)20-13-4-3-10(18)5-12(13)17/h3-6,8-9,20,22H,7H2,1-2H3,(H,19,24). The molecule has 1 aromatic heterocycles. The molecule has 1 heterocycles. The summed E-state index contributed by atoms with van der Waals surface area (Å²) >= 11 is 1.99. The molecule has 0 spiro atoms. The van der Waals surface area contributed by atoms with Gasteiger partial charge in [-0.15, -0.1) is 0 Å². The number of hydrogen-bond donors (Lipinski definition) is 3. The fraction of sp³-hybridized carbons (Fsp3) is 0.250. The van der Waals surface area contributed by atoms with Gasteiger partial charge in [0.25, 0.3) is 11.5 Å². The van der Waals surface area contributed by atoms with E-state index in [4.69, 9.17) is 0 Å². The third-order valence-corrected chi connectivity index (χ3v) is 3.90. The number of rotatable bonds is 5. The van der Waals surface area contributed by atoms with Crippen LogP contribution in [0.4, 0.5) is 15.8 Å². The Morgan fingerprint density at radius 3 is 2.71 bits per heavy atom. The van der Waals surface area contributed by atoms with Crippen LogP contribution in [0.5, 0.6) is 0 Å². The number of aromatic nitrogens is 1. The Labute approximate surface area is 151 Å². The molecule has 0 bridgehead atoms. The van der Waals surface area contributed by atoms with E-state index in [0.717, 1.165) is 3.57 Å². The first-order valence-electron chi connectivity index (χ1n) is 7.17. The van der Waals surface area contributed by atoms with Crippen molar-refractivity contribution in [2.24, 2.45) is 7.05 Å². The molecule has 0 saturated carbocycles. The van der Waals surface area contributed by atoms with Gasteiger partial charge in [-0.05, 0) is 47.7 Å². The molecule has 0 aliphatic carbocycles. The maximum Gasteiger partial charge on any atom is 0.254 e. The number of pyridine rings is 1. The van der Waals surface area contributed by atoms with E-state index in [1.165, 1.54) is 36.0 Å². The summed E-state index contributed by atoms with van der Waals surface area (Å²) in [4.78, 5) is 24.2. The van der Waals surface area contributed by atoms with Gasteiger partial charge in [0.05, 0.1) is 23.0 Å². The molecule has 6 nitrogen and oxygen atoms in total. The number of aryl methyl sites for hydroxylation is 1. The zero-order chi connectivity index (χ0) is 17.9. The van der Waals surface area contributed by atoms with E-state index in [1.807, 2.05) is 22.6 Å². The number of aliphatic hydroxyl groups excluding tert-OH is 1. The highest BCUT2D eigenvalue weighted by atomic mass is 127. The van der Waals surface area contributed by atoms with E-state index in [0.29, 0.717) is 0 Å². The molecule has 0 saturated heterocycles. The van der Waals surface area contributed by atoms with Crippen molar-refractivity contribution >= 4 is 39.9 Å². The highest BCUT2D eigenvalue weighted by molar-refractivity contribution is 14.1. The van der Waals surface area contributed by atoms with E-state index < -0.39 is 17.8 Å². The Hall–Kier alpha value is -1.94. The van der Waals surface area contributed by atoms with Crippen LogP contribution in [0.1, 0.15) is 17.3 Å². The van der Waals surface area contributed by atoms with Gasteiger partial charge in [0, 0.05) is 29.4 Å². The van der Waals surface area contributed by atoms with Crippen molar-refractivity contribution < 1.29 is 14.3 Å². The molecule has 1 aromatic carbocycles. The summed E-state index contributed by atoms with van der Waals surface area (Å²) in [6.07, 6.45) is 0.665. The minimum absolute atomic E-state index is 0.0685. The third-order valence-electron chi connectivity index (χ3n) is 3.23. The van der Waals surface area contributed by atoms with E-state index in [2.05, 4.69) is 10.6 Å². The number of carbonyl (C=O) groups is 1. The molecule has 2 aromatic rings. The SMILES string of the molecule is CC(O)CNC(=O)c1cn(C)c(=O)cc1Nc1ccc(I)cc1F. The van der Waals surface area contributed by atoms with Crippen LogP contribution in [-0.2, 0) is 7.05 Å². The van der Waals surface area contributed by atoms with E-state index in [9.17, 15) is 19.1 Å². The van der Waals surface area contributed by atoms with Gasteiger partial charge in [-0.3, -0.25) is 9.59 Å². The summed E-state index contributed by atoms with van der Waals surface area (Å²) in [5, 5.41) is 14.6. The van der Waals surface area contributed by atoms with Crippen LogP contribution in [0, 0.1) is 9.39 Å². The van der Waals surface area contributed by atoms with Gasteiger partial charge in [0.15, 0.2) is 0 Å². The van der Waals surface area contributed by atoms with Crippen LogP contribution < -0.4 is 16.2 Å². The number of halogens is 2. The second-order valence-electron chi connectivity index (χ2n) is 5.36. The van der Waals surface area contributed by atoms with Crippen molar-refractivity contribution in [2.75, 3.05) is 11.9 Å². The number of hydrogen-bond acceptors (Lipinski definition) is 4. The van der Waals surface area contributed by atoms with Gasteiger partial charge < -0.3 is 20.3 Å². The number of aliphatic hydroxyl groups is 1. The highest BCUT2D eigenvalue weighted by Gasteiger charge is 2.15. The summed E-state index contributed by atoms with van der Waals surface area (Å²) in [6, 6.07) is 5.82. The number of nitrogens with one attached hydrogen (secondary N) is 2. The molecular weight excluding hydrogens is 428 g/mol. The molecule has 0 aliphatic heterocycles. The molecule has 0 radical (unpaired) electrons. The molecule has 1 atom stereocenters. The molecule has 128 valence electrons. The number of nitrogens with zero attached hydrogens (tertiary/aromatic N) is 1. The van der Waals surface area contributed by atoms with Crippen LogP contribution in [-0.4, -0.2) is 28.2 Å². The Balaban J connectivity index is 2.39. The topological polar surface area (TPSA) is 83.4 Å². The average Bonchev–Trinajstić information content (AvgIpc) is 2.50. The first-order valence-corrected chi connectivity index (χ1v) is 8.25. The summed E-state index contributed by atoms with van der Waals surface area (Å²) in [7, 11) is 1.52. The van der Waals surface area contributed by atoms with Crippen molar-refractivity contribution in [3.05, 3.63) is 55.8 Å². The third kappa shape index (κ3) is 4.54. The first-order chi connectivity index (χ1) is 11.3. The smallest absolute Gasteiger partial charge is 0.254 e. The second kappa shape index (κ2) is 7.75. The Morgan fingerprint density at radius 2 is 2.08 bits per heavy atom. The zero-order valence-corrected chi connectivity index (χ0v) is 15.3. The summed E-state index contributed by atoms with van der Waals surface area (Å²) in [6.45, 7) is 1.61.